The third-order valence-electron chi connectivity index (χ3n) is 3.58. The molecule has 0 atom stereocenters. The fraction of sp³-hybridized carbons (Fsp3) is 0.167. The first-order valence-corrected chi connectivity index (χ1v) is 7.06. The van der Waals surface area contributed by atoms with Gasteiger partial charge in [-0.25, -0.2) is 0 Å². The van der Waals surface area contributed by atoms with Crippen LogP contribution in [-0.4, -0.2) is 25.3 Å². The smallest absolute Gasteiger partial charge is 0.0665 e. The summed E-state index contributed by atoms with van der Waals surface area (Å²) < 4.78 is 0. The molecule has 3 heteroatoms. The molecule has 0 saturated carbocycles. The maximum absolute atomic E-state index is 4.53. The monoisotopic (exact) mass is 277 g/mol. The van der Waals surface area contributed by atoms with Crippen molar-refractivity contribution < 1.29 is 0 Å². The van der Waals surface area contributed by atoms with E-state index in [9.17, 15) is 0 Å². The molecule has 0 N–H and O–H groups in total. The number of nitrogens with zero attached hydrogens (tertiary/aromatic N) is 3. The van der Waals surface area contributed by atoms with Crippen molar-refractivity contribution in [2.75, 3.05) is 19.0 Å². The van der Waals surface area contributed by atoms with Gasteiger partial charge in [0.15, 0.2) is 0 Å². The number of hydrogen-bond donors (Lipinski definition) is 0. The van der Waals surface area contributed by atoms with Crippen molar-refractivity contribution in [3.8, 4) is 0 Å². The predicted octanol–water partition coefficient (Wildman–Crippen LogP) is 3.57. The highest BCUT2D eigenvalue weighted by Crippen LogP contribution is 2.19. The maximum Gasteiger partial charge on any atom is 0.0665 e. The van der Waals surface area contributed by atoms with Gasteiger partial charge in [0.25, 0.3) is 0 Å². The SMILES string of the molecule is CN(C)c1ccc(C=NN2C=Cc3ccccc3C2)cc1. The summed E-state index contributed by atoms with van der Waals surface area (Å²) in [6.07, 6.45) is 6.02. The van der Waals surface area contributed by atoms with Crippen molar-refractivity contribution in [1.29, 1.82) is 0 Å². The molecule has 0 amide bonds. The molecule has 0 radical (unpaired) electrons. The molecule has 1 aliphatic rings. The average molecular weight is 277 g/mol. The summed E-state index contributed by atoms with van der Waals surface area (Å²) in [5.41, 5.74) is 4.88. The molecule has 0 bridgehead atoms. The van der Waals surface area contributed by atoms with Crippen LogP contribution < -0.4 is 4.90 Å². The maximum atomic E-state index is 4.53. The van der Waals surface area contributed by atoms with Crippen molar-refractivity contribution >= 4 is 18.0 Å². The Morgan fingerprint density at radius 1 is 1.05 bits per heavy atom. The normalized spacial score (nSPS) is 13.5. The van der Waals surface area contributed by atoms with Crippen molar-refractivity contribution in [3.63, 3.8) is 0 Å². The summed E-state index contributed by atoms with van der Waals surface area (Å²) in [4.78, 5) is 2.09. The van der Waals surface area contributed by atoms with Gasteiger partial charge in [0, 0.05) is 26.0 Å². The lowest BCUT2D eigenvalue weighted by molar-refractivity contribution is 0.392. The van der Waals surface area contributed by atoms with Gasteiger partial charge in [0.1, 0.15) is 0 Å². The molecule has 0 fully saturated rings. The Kier molecular flexibility index (Phi) is 3.73. The first-order chi connectivity index (χ1) is 10.2. The Morgan fingerprint density at radius 2 is 1.81 bits per heavy atom. The molecule has 21 heavy (non-hydrogen) atoms. The lowest BCUT2D eigenvalue weighted by atomic mass is 10.1. The molecule has 0 aromatic heterocycles. The molecule has 0 saturated heterocycles. The van der Waals surface area contributed by atoms with Crippen LogP contribution in [0.2, 0.25) is 0 Å². The highest BCUT2D eigenvalue weighted by Gasteiger charge is 2.07. The van der Waals surface area contributed by atoms with Crippen LogP contribution >= 0.6 is 0 Å². The zero-order valence-electron chi connectivity index (χ0n) is 12.4. The van der Waals surface area contributed by atoms with Crippen LogP contribution in [0.1, 0.15) is 16.7 Å². The van der Waals surface area contributed by atoms with Gasteiger partial charge in [-0.15, -0.1) is 0 Å². The Bertz CT molecular complexity index is 669. The number of hydrazone groups is 1. The van der Waals surface area contributed by atoms with E-state index >= 15 is 0 Å². The van der Waals surface area contributed by atoms with Gasteiger partial charge in [-0.1, -0.05) is 36.4 Å². The number of benzene rings is 2. The van der Waals surface area contributed by atoms with Crippen LogP contribution in [0.5, 0.6) is 0 Å². The van der Waals surface area contributed by atoms with Gasteiger partial charge in [-0.3, -0.25) is 5.01 Å². The zero-order chi connectivity index (χ0) is 14.7. The van der Waals surface area contributed by atoms with Crippen LogP contribution in [0.15, 0.2) is 59.8 Å². The summed E-state index contributed by atoms with van der Waals surface area (Å²) in [6, 6.07) is 16.8. The summed E-state index contributed by atoms with van der Waals surface area (Å²) >= 11 is 0. The lowest BCUT2D eigenvalue weighted by Gasteiger charge is -2.20. The van der Waals surface area contributed by atoms with E-state index in [2.05, 4.69) is 64.6 Å². The van der Waals surface area contributed by atoms with Crippen molar-refractivity contribution in [2.24, 2.45) is 5.10 Å². The molecule has 3 rings (SSSR count). The van der Waals surface area contributed by atoms with Gasteiger partial charge >= 0.3 is 0 Å². The van der Waals surface area contributed by atoms with E-state index in [1.54, 1.807) is 0 Å². The molecule has 2 aromatic carbocycles. The number of fused-ring (bicyclic) bond motifs is 1. The second-order valence-corrected chi connectivity index (χ2v) is 5.34. The van der Waals surface area contributed by atoms with Gasteiger partial charge in [-0.2, -0.15) is 5.10 Å². The van der Waals surface area contributed by atoms with E-state index in [1.807, 2.05) is 31.5 Å². The van der Waals surface area contributed by atoms with E-state index in [4.69, 9.17) is 0 Å². The molecular weight excluding hydrogens is 258 g/mol. The second kappa shape index (κ2) is 5.83. The average Bonchev–Trinajstić information content (AvgIpc) is 2.53. The van der Waals surface area contributed by atoms with Crippen LogP contribution in [0.3, 0.4) is 0 Å². The Morgan fingerprint density at radius 3 is 2.57 bits per heavy atom. The second-order valence-electron chi connectivity index (χ2n) is 5.34. The Balaban J connectivity index is 1.70. The minimum absolute atomic E-state index is 0.818. The molecule has 1 heterocycles. The quantitative estimate of drug-likeness (QED) is 0.799. The van der Waals surface area contributed by atoms with Crippen molar-refractivity contribution in [2.45, 2.75) is 6.54 Å². The first kappa shape index (κ1) is 13.4. The van der Waals surface area contributed by atoms with E-state index in [0.717, 1.165) is 12.1 Å². The highest BCUT2D eigenvalue weighted by atomic mass is 15.4. The number of rotatable bonds is 3. The molecule has 106 valence electrons. The molecular formula is C18H19N3. The van der Waals surface area contributed by atoms with Gasteiger partial charge in [-0.05, 0) is 34.9 Å². The third-order valence-corrected chi connectivity index (χ3v) is 3.58. The standard InChI is InChI=1S/C18H19N3/c1-20(2)18-9-7-15(8-10-18)13-19-21-12-11-16-5-3-4-6-17(16)14-21/h3-13H,14H2,1-2H3. The highest BCUT2D eigenvalue weighted by molar-refractivity contribution is 5.80. The van der Waals surface area contributed by atoms with Crippen LogP contribution in [0, 0.1) is 0 Å². The number of hydrogen-bond acceptors (Lipinski definition) is 3. The van der Waals surface area contributed by atoms with Gasteiger partial charge in [0.2, 0.25) is 0 Å². The molecule has 0 unspecified atom stereocenters. The van der Waals surface area contributed by atoms with Gasteiger partial charge < -0.3 is 4.90 Å². The van der Waals surface area contributed by atoms with E-state index in [0.29, 0.717) is 0 Å². The molecule has 2 aromatic rings. The van der Waals surface area contributed by atoms with Crippen LogP contribution in [0.25, 0.3) is 6.08 Å². The minimum atomic E-state index is 0.818. The van der Waals surface area contributed by atoms with Crippen LogP contribution in [-0.2, 0) is 6.54 Å². The largest absolute Gasteiger partial charge is 0.378 e. The lowest BCUT2D eigenvalue weighted by Crippen LogP contribution is -2.14. The van der Waals surface area contributed by atoms with Crippen molar-refractivity contribution in [1.82, 2.24) is 5.01 Å². The van der Waals surface area contributed by atoms with E-state index in [-0.39, 0.29) is 0 Å². The molecule has 0 spiro atoms. The predicted molar refractivity (Wildman–Crippen MR) is 89.4 cm³/mol. The molecule has 0 aliphatic carbocycles. The summed E-state index contributed by atoms with van der Waals surface area (Å²) in [6.45, 7) is 0.818. The minimum Gasteiger partial charge on any atom is -0.378 e. The summed E-state index contributed by atoms with van der Waals surface area (Å²) in [5.74, 6) is 0. The van der Waals surface area contributed by atoms with Gasteiger partial charge in [0.05, 0.1) is 12.8 Å². The Labute approximate surface area is 125 Å². The number of anilines is 1. The zero-order valence-corrected chi connectivity index (χ0v) is 12.4. The molecule has 3 nitrogen and oxygen atoms in total. The van der Waals surface area contributed by atoms with E-state index < -0.39 is 0 Å². The topological polar surface area (TPSA) is 18.8 Å². The molecule has 1 aliphatic heterocycles. The summed E-state index contributed by atoms with van der Waals surface area (Å²) in [5, 5.41) is 6.50. The fourth-order valence-electron chi connectivity index (χ4n) is 2.31. The third kappa shape index (κ3) is 3.14. The van der Waals surface area contributed by atoms with Crippen molar-refractivity contribution in [3.05, 3.63) is 71.4 Å². The fourth-order valence-corrected chi connectivity index (χ4v) is 2.31. The summed E-state index contributed by atoms with van der Waals surface area (Å²) in [7, 11) is 4.08. The Hall–Kier alpha value is -2.55. The first-order valence-electron chi connectivity index (χ1n) is 7.06. The van der Waals surface area contributed by atoms with E-state index in [1.165, 1.54) is 16.8 Å². The van der Waals surface area contributed by atoms with Crippen LogP contribution in [0.4, 0.5) is 5.69 Å².